The minimum atomic E-state index is -0.474. The number of amides is 2. The molecule has 0 radical (unpaired) electrons. The highest BCUT2D eigenvalue weighted by Gasteiger charge is 2.34. The molecule has 2 amide bonds. The summed E-state index contributed by atoms with van der Waals surface area (Å²) in [4.78, 5) is 25.2. The first-order chi connectivity index (χ1) is 12.9. The van der Waals surface area contributed by atoms with Gasteiger partial charge in [-0.25, -0.2) is 5.01 Å². The Morgan fingerprint density at radius 1 is 1.15 bits per heavy atom. The molecular formula is C20H19BrN2O4. The van der Waals surface area contributed by atoms with Crippen molar-refractivity contribution in [2.24, 2.45) is 0 Å². The van der Waals surface area contributed by atoms with Crippen molar-refractivity contribution in [2.75, 3.05) is 12.1 Å². The van der Waals surface area contributed by atoms with E-state index >= 15 is 0 Å². The molecule has 7 heteroatoms. The number of rotatable bonds is 5. The first-order valence-electron chi connectivity index (χ1n) is 8.37. The van der Waals surface area contributed by atoms with Gasteiger partial charge >= 0.3 is 0 Å². The molecule has 1 fully saturated rings. The van der Waals surface area contributed by atoms with E-state index in [2.05, 4.69) is 21.4 Å². The smallest absolute Gasteiger partial charge is 0.282 e. The molecule has 0 atom stereocenters. The van der Waals surface area contributed by atoms with Gasteiger partial charge in [-0.1, -0.05) is 34.1 Å². The van der Waals surface area contributed by atoms with Gasteiger partial charge < -0.3 is 9.47 Å². The van der Waals surface area contributed by atoms with Crippen molar-refractivity contribution in [2.45, 2.75) is 20.0 Å². The Morgan fingerprint density at radius 2 is 1.85 bits per heavy atom. The number of methoxy groups -OCH3 is 1. The zero-order valence-electron chi connectivity index (χ0n) is 15.2. The number of anilines is 1. The van der Waals surface area contributed by atoms with E-state index < -0.39 is 11.8 Å². The summed E-state index contributed by atoms with van der Waals surface area (Å²) in [5.41, 5.74) is 3.77. The third-order valence-corrected chi connectivity index (χ3v) is 4.29. The summed E-state index contributed by atoms with van der Waals surface area (Å²) in [5, 5.41) is 1.23. The third kappa shape index (κ3) is 3.98. The number of benzene rings is 2. The fraction of sp³-hybridized carbons (Fsp3) is 0.200. The molecule has 1 N–H and O–H groups in total. The largest absolute Gasteiger partial charge is 0.493 e. The van der Waals surface area contributed by atoms with E-state index in [4.69, 9.17) is 9.47 Å². The van der Waals surface area contributed by atoms with Crippen LogP contribution in [0.3, 0.4) is 0 Å². The summed E-state index contributed by atoms with van der Waals surface area (Å²) < 4.78 is 12.0. The van der Waals surface area contributed by atoms with Crippen molar-refractivity contribution >= 4 is 39.5 Å². The van der Waals surface area contributed by atoms with Crippen LogP contribution in [0.25, 0.3) is 6.08 Å². The molecule has 2 aromatic rings. The average Bonchev–Trinajstić information content (AvgIpc) is 2.92. The van der Waals surface area contributed by atoms with Crippen LogP contribution in [0.15, 0.2) is 52.5 Å². The maximum absolute atomic E-state index is 12.8. The lowest BCUT2D eigenvalue weighted by Crippen LogP contribution is -2.35. The van der Waals surface area contributed by atoms with Crippen molar-refractivity contribution in [3.8, 4) is 11.5 Å². The topological polar surface area (TPSA) is 67.9 Å². The number of hydrazine groups is 1. The van der Waals surface area contributed by atoms with Gasteiger partial charge in [0.15, 0.2) is 11.5 Å². The van der Waals surface area contributed by atoms with Crippen LogP contribution in [0.2, 0.25) is 0 Å². The third-order valence-electron chi connectivity index (χ3n) is 3.83. The number of nitrogens with zero attached hydrogens (tertiary/aromatic N) is 1. The zero-order valence-corrected chi connectivity index (χ0v) is 16.7. The lowest BCUT2D eigenvalue weighted by atomic mass is 10.1. The normalized spacial score (nSPS) is 15.4. The van der Waals surface area contributed by atoms with E-state index in [1.54, 1.807) is 36.4 Å². The van der Waals surface area contributed by atoms with Gasteiger partial charge in [0.25, 0.3) is 11.8 Å². The Hall–Kier alpha value is -2.80. The Morgan fingerprint density at radius 3 is 2.48 bits per heavy atom. The number of carbonyl (C=O) groups excluding carboxylic acids is 2. The number of ether oxygens (including phenoxy) is 2. The summed E-state index contributed by atoms with van der Waals surface area (Å²) in [5.74, 6) is 0.0802. The number of hydrogen-bond acceptors (Lipinski definition) is 4. The highest BCUT2D eigenvalue weighted by atomic mass is 79.9. The number of hydrogen-bond donors (Lipinski definition) is 1. The van der Waals surface area contributed by atoms with Gasteiger partial charge in [0.05, 0.1) is 18.9 Å². The molecule has 2 aromatic carbocycles. The summed E-state index contributed by atoms with van der Waals surface area (Å²) in [6, 6.07) is 12.5. The molecule has 1 aliphatic heterocycles. The van der Waals surface area contributed by atoms with Crippen molar-refractivity contribution in [1.29, 1.82) is 0 Å². The van der Waals surface area contributed by atoms with E-state index in [1.807, 2.05) is 19.9 Å². The first kappa shape index (κ1) is 19.0. The highest BCUT2D eigenvalue weighted by molar-refractivity contribution is 9.10. The van der Waals surface area contributed by atoms with E-state index in [9.17, 15) is 9.59 Å². The average molecular weight is 431 g/mol. The van der Waals surface area contributed by atoms with Gasteiger partial charge in [0.2, 0.25) is 0 Å². The van der Waals surface area contributed by atoms with Crippen LogP contribution < -0.4 is 19.9 Å². The van der Waals surface area contributed by atoms with Crippen LogP contribution in [0, 0.1) is 0 Å². The second-order valence-corrected chi connectivity index (χ2v) is 7.08. The van der Waals surface area contributed by atoms with Gasteiger partial charge in [-0.2, -0.15) is 0 Å². The zero-order chi connectivity index (χ0) is 19.6. The van der Waals surface area contributed by atoms with Crippen molar-refractivity contribution < 1.29 is 19.1 Å². The Bertz CT molecular complexity index is 910. The fourth-order valence-corrected chi connectivity index (χ4v) is 3.14. The standard InChI is InChI=1S/C20H19BrN2O4/c1-12(2)27-18-13(9-14(21)11-17(18)26-3)10-16-19(24)22-23(20(16)25)15-7-5-4-6-8-15/h4-12H,1-3H3,(H,22,24). The van der Waals surface area contributed by atoms with Crippen LogP contribution in [0.1, 0.15) is 19.4 Å². The molecule has 0 saturated carbocycles. The lowest BCUT2D eigenvalue weighted by molar-refractivity contribution is -0.117. The number of carbonyl (C=O) groups is 2. The summed E-state index contributed by atoms with van der Waals surface area (Å²) in [6.45, 7) is 3.78. The molecule has 1 aliphatic rings. The van der Waals surface area contributed by atoms with Crippen LogP contribution >= 0.6 is 15.9 Å². The Balaban J connectivity index is 2.04. The van der Waals surface area contributed by atoms with E-state index in [-0.39, 0.29) is 11.7 Å². The van der Waals surface area contributed by atoms with Crippen LogP contribution in [-0.4, -0.2) is 25.0 Å². The van der Waals surface area contributed by atoms with Crippen molar-refractivity contribution in [3.63, 3.8) is 0 Å². The number of halogens is 1. The molecule has 27 heavy (non-hydrogen) atoms. The SMILES string of the molecule is COc1cc(Br)cc(C=C2C(=O)NN(c3ccccc3)C2=O)c1OC(C)C. The second-order valence-electron chi connectivity index (χ2n) is 6.17. The van der Waals surface area contributed by atoms with Crippen LogP contribution in [0.4, 0.5) is 5.69 Å². The van der Waals surface area contributed by atoms with E-state index in [1.165, 1.54) is 18.2 Å². The summed E-state index contributed by atoms with van der Waals surface area (Å²) >= 11 is 3.42. The molecule has 140 valence electrons. The molecule has 1 heterocycles. The van der Waals surface area contributed by atoms with Gasteiger partial charge in [0, 0.05) is 10.0 Å². The first-order valence-corrected chi connectivity index (χ1v) is 9.16. The quantitative estimate of drug-likeness (QED) is 0.579. The van der Waals surface area contributed by atoms with E-state index in [0.29, 0.717) is 22.7 Å². The minimum Gasteiger partial charge on any atom is -0.493 e. The van der Waals surface area contributed by atoms with Gasteiger partial charge in [0.1, 0.15) is 5.57 Å². The fourth-order valence-electron chi connectivity index (χ4n) is 2.68. The van der Waals surface area contributed by atoms with Crippen molar-refractivity contribution in [3.05, 3.63) is 58.1 Å². The summed E-state index contributed by atoms with van der Waals surface area (Å²) in [6.07, 6.45) is 1.41. The predicted molar refractivity (Wildman–Crippen MR) is 107 cm³/mol. The molecule has 1 saturated heterocycles. The monoisotopic (exact) mass is 430 g/mol. The van der Waals surface area contributed by atoms with Crippen LogP contribution in [0.5, 0.6) is 11.5 Å². The minimum absolute atomic E-state index is 0.0209. The molecule has 6 nitrogen and oxygen atoms in total. The maximum Gasteiger partial charge on any atom is 0.282 e. The summed E-state index contributed by atoms with van der Waals surface area (Å²) in [7, 11) is 1.54. The Labute approximate surface area is 165 Å². The number of para-hydroxylation sites is 1. The molecule has 3 rings (SSSR count). The Kier molecular flexibility index (Phi) is 5.51. The molecule has 0 aliphatic carbocycles. The predicted octanol–water partition coefficient (Wildman–Crippen LogP) is 3.71. The second kappa shape index (κ2) is 7.84. The molecule has 0 spiro atoms. The van der Waals surface area contributed by atoms with Gasteiger partial charge in [-0.3, -0.25) is 15.0 Å². The van der Waals surface area contributed by atoms with Crippen LogP contribution in [-0.2, 0) is 9.59 Å². The molecule has 0 bridgehead atoms. The van der Waals surface area contributed by atoms with Crippen molar-refractivity contribution in [1.82, 2.24) is 5.43 Å². The molecule has 0 aromatic heterocycles. The molecule has 0 unspecified atom stereocenters. The maximum atomic E-state index is 12.8. The number of nitrogens with one attached hydrogen (secondary N) is 1. The van der Waals surface area contributed by atoms with Gasteiger partial charge in [-0.05, 0) is 44.2 Å². The lowest BCUT2D eigenvalue weighted by Gasteiger charge is -2.17. The van der Waals surface area contributed by atoms with E-state index in [0.717, 1.165) is 4.47 Å². The van der Waals surface area contributed by atoms with Gasteiger partial charge in [-0.15, -0.1) is 0 Å². The highest BCUT2D eigenvalue weighted by Crippen LogP contribution is 2.37. The molecular weight excluding hydrogens is 412 g/mol.